The number of hydrogen-bond acceptors (Lipinski definition) is 5. The molecule has 2 heterocycles. The van der Waals surface area contributed by atoms with Crippen molar-refractivity contribution >= 4 is 5.82 Å². The lowest BCUT2D eigenvalue weighted by atomic mass is 10.1. The molecule has 0 bridgehead atoms. The maximum absolute atomic E-state index is 5.83. The molecule has 1 aliphatic heterocycles. The fourth-order valence-corrected chi connectivity index (χ4v) is 2.36. The van der Waals surface area contributed by atoms with Gasteiger partial charge in [0.1, 0.15) is 12.1 Å². The molecule has 0 atom stereocenters. The number of hydrogen-bond donors (Lipinski definition) is 1. The summed E-state index contributed by atoms with van der Waals surface area (Å²) < 4.78 is 11.5. The van der Waals surface area contributed by atoms with Gasteiger partial charge in [-0.15, -0.1) is 0 Å². The Labute approximate surface area is 130 Å². The van der Waals surface area contributed by atoms with E-state index in [0.717, 1.165) is 35.0 Å². The lowest BCUT2D eigenvalue weighted by molar-refractivity contribution is 0.296. The standard InChI is InChI=1S/C17H21N3O2/c1-12(2)14-9-16(20-11-19-14)18-10-13-5-3-6-15-17(13)22-8-4-7-21-15/h3,5-6,9,11-12H,4,7-8,10H2,1-2H3,(H,18,19,20). The molecule has 2 aromatic rings. The lowest BCUT2D eigenvalue weighted by Crippen LogP contribution is -2.06. The molecule has 116 valence electrons. The molecular formula is C17H21N3O2. The SMILES string of the molecule is CC(C)c1cc(NCc2cccc3c2OCCCO3)ncn1. The number of aromatic nitrogens is 2. The van der Waals surface area contributed by atoms with Crippen molar-refractivity contribution in [1.82, 2.24) is 9.97 Å². The summed E-state index contributed by atoms with van der Waals surface area (Å²) in [6, 6.07) is 7.98. The van der Waals surface area contributed by atoms with Gasteiger partial charge in [0.25, 0.3) is 0 Å². The van der Waals surface area contributed by atoms with Gasteiger partial charge >= 0.3 is 0 Å². The van der Waals surface area contributed by atoms with Crippen molar-refractivity contribution in [3.05, 3.63) is 41.9 Å². The highest BCUT2D eigenvalue weighted by Crippen LogP contribution is 2.33. The van der Waals surface area contributed by atoms with E-state index in [9.17, 15) is 0 Å². The zero-order valence-corrected chi connectivity index (χ0v) is 13.0. The first-order chi connectivity index (χ1) is 10.7. The predicted molar refractivity (Wildman–Crippen MR) is 85.5 cm³/mol. The number of rotatable bonds is 4. The van der Waals surface area contributed by atoms with Crippen molar-refractivity contribution in [3.8, 4) is 11.5 Å². The van der Waals surface area contributed by atoms with Gasteiger partial charge in [-0.05, 0) is 12.0 Å². The Bertz CT molecular complexity index is 644. The zero-order chi connectivity index (χ0) is 15.4. The van der Waals surface area contributed by atoms with Gasteiger partial charge in [0.2, 0.25) is 0 Å². The maximum Gasteiger partial charge on any atom is 0.166 e. The second kappa shape index (κ2) is 6.64. The molecule has 0 unspecified atom stereocenters. The van der Waals surface area contributed by atoms with Crippen LogP contribution >= 0.6 is 0 Å². The fourth-order valence-electron chi connectivity index (χ4n) is 2.36. The summed E-state index contributed by atoms with van der Waals surface area (Å²) in [4.78, 5) is 8.55. The largest absolute Gasteiger partial charge is 0.490 e. The van der Waals surface area contributed by atoms with Crippen LogP contribution in [0.4, 0.5) is 5.82 Å². The van der Waals surface area contributed by atoms with Crippen LogP contribution in [0.1, 0.15) is 37.4 Å². The smallest absolute Gasteiger partial charge is 0.166 e. The Morgan fingerprint density at radius 2 is 2.05 bits per heavy atom. The first-order valence-corrected chi connectivity index (χ1v) is 7.67. The molecule has 0 saturated heterocycles. The molecule has 5 heteroatoms. The van der Waals surface area contributed by atoms with Crippen molar-refractivity contribution < 1.29 is 9.47 Å². The van der Waals surface area contributed by atoms with E-state index >= 15 is 0 Å². The Morgan fingerprint density at radius 3 is 2.91 bits per heavy atom. The molecule has 22 heavy (non-hydrogen) atoms. The number of fused-ring (bicyclic) bond motifs is 1. The van der Waals surface area contributed by atoms with E-state index < -0.39 is 0 Å². The molecule has 0 spiro atoms. The van der Waals surface area contributed by atoms with Crippen molar-refractivity contribution in [3.63, 3.8) is 0 Å². The third kappa shape index (κ3) is 3.30. The summed E-state index contributed by atoms with van der Waals surface area (Å²) in [5.41, 5.74) is 2.10. The van der Waals surface area contributed by atoms with Crippen LogP contribution in [0.2, 0.25) is 0 Å². The molecule has 3 rings (SSSR count). The van der Waals surface area contributed by atoms with Crippen molar-refractivity contribution in [2.75, 3.05) is 18.5 Å². The van der Waals surface area contributed by atoms with E-state index in [-0.39, 0.29) is 0 Å². The van der Waals surface area contributed by atoms with Crippen molar-refractivity contribution in [1.29, 1.82) is 0 Å². The minimum absolute atomic E-state index is 0.383. The molecule has 0 aliphatic carbocycles. The normalized spacial score (nSPS) is 13.8. The quantitative estimate of drug-likeness (QED) is 0.938. The predicted octanol–water partition coefficient (Wildman–Crippen LogP) is 3.37. The molecule has 1 N–H and O–H groups in total. The van der Waals surface area contributed by atoms with Gasteiger partial charge in [0.15, 0.2) is 11.5 Å². The van der Waals surface area contributed by atoms with Crippen LogP contribution in [0, 0.1) is 0 Å². The molecule has 1 aromatic carbocycles. The van der Waals surface area contributed by atoms with E-state index in [1.807, 2.05) is 24.3 Å². The number of ether oxygens (including phenoxy) is 2. The second-order valence-electron chi connectivity index (χ2n) is 5.63. The Balaban J connectivity index is 1.75. The van der Waals surface area contributed by atoms with E-state index in [4.69, 9.17) is 9.47 Å². The number of anilines is 1. The van der Waals surface area contributed by atoms with Gasteiger partial charge in [-0.25, -0.2) is 9.97 Å². The van der Waals surface area contributed by atoms with Gasteiger partial charge in [0, 0.05) is 30.3 Å². The fraction of sp³-hybridized carbons (Fsp3) is 0.412. The maximum atomic E-state index is 5.83. The van der Waals surface area contributed by atoms with Gasteiger partial charge in [-0.3, -0.25) is 0 Å². The average molecular weight is 299 g/mol. The molecular weight excluding hydrogens is 278 g/mol. The van der Waals surface area contributed by atoms with Gasteiger partial charge in [-0.1, -0.05) is 26.0 Å². The van der Waals surface area contributed by atoms with Crippen LogP contribution < -0.4 is 14.8 Å². The van der Waals surface area contributed by atoms with Crippen LogP contribution in [0.15, 0.2) is 30.6 Å². The van der Waals surface area contributed by atoms with E-state index in [0.29, 0.717) is 25.7 Å². The van der Waals surface area contributed by atoms with E-state index in [2.05, 4.69) is 29.1 Å². The van der Waals surface area contributed by atoms with Gasteiger partial charge in [0.05, 0.1) is 13.2 Å². The Morgan fingerprint density at radius 1 is 1.18 bits per heavy atom. The first-order valence-electron chi connectivity index (χ1n) is 7.67. The minimum atomic E-state index is 0.383. The number of nitrogens with zero attached hydrogens (tertiary/aromatic N) is 2. The molecule has 1 aliphatic rings. The Hall–Kier alpha value is -2.30. The van der Waals surface area contributed by atoms with Crippen molar-refractivity contribution in [2.45, 2.75) is 32.7 Å². The Kier molecular flexibility index (Phi) is 4.42. The molecule has 0 radical (unpaired) electrons. The number of para-hydroxylation sites is 1. The first kappa shape index (κ1) is 14.6. The minimum Gasteiger partial charge on any atom is -0.490 e. The number of nitrogens with one attached hydrogen (secondary N) is 1. The van der Waals surface area contributed by atoms with E-state index in [1.165, 1.54) is 0 Å². The summed E-state index contributed by atoms with van der Waals surface area (Å²) in [6.07, 6.45) is 2.51. The summed E-state index contributed by atoms with van der Waals surface area (Å²) in [5, 5.41) is 3.34. The highest BCUT2D eigenvalue weighted by atomic mass is 16.5. The third-order valence-corrected chi connectivity index (χ3v) is 3.59. The molecule has 0 fully saturated rings. The van der Waals surface area contributed by atoms with Crippen LogP contribution in [0.5, 0.6) is 11.5 Å². The summed E-state index contributed by atoms with van der Waals surface area (Å²) in [5.74, 6) is 2.87. The van der Waals surface area contributed by atoms with Crippen molar-refractivity contribution in [2.24, 2.45) is 0 Å². The molecule has 1 aromatic heterocycles. The number of benzene rings is 1. The molecule has 5 nitrogen and oxygen atoms in total. The van der Waals surface area contributed by atoms with Crippen LogP contribution in [-0.4, -0.2) is 23.2 Å². The zero-order valence-electron chi connectivity index (χ0n) is 13.0. The second-order valence-corrected chi connectivity index (χ2v) is 5.63. The highest BCUT2D eigenvalue weighted by molar-refractivity contribution is 5.49. The topological polar surface area (TPSA) is 56.3 Å². The van der Waals surface area contributed by atoms with E-state index in [1.54, 1.807) is 6.33 Å². The summed E-state index contributed by atoms with van der Waals surface area (Å²) in [6.45, 7) is 6.27. The van der Waals surface area contributed by atoms with Gasteiger partial charge < -0.3 is 14.8 Å². The average Bonchev–Trinajstić information content (AvgIpc) is 2.79. The summed E-state index contributed by atoms with van der Waals surface area (Å²) in [7, 11) is 0. The third-order valence-electron chi connectivity index (χ3n) is 3.59. The molecule has 0 saturated carbocycles. The highest BCUT2D eigenvalue weighted by Gasteiger charge is 2.14. The lowest BCUT2D eigenvalue weighted by Gasteiger charge is -2.13. The monoisotopic (exact) mass is 299 g/mol. The molecule has 0 amide bonds. The van der Waals surface area contributed by atoms with Crippen LogP contribution in [0.25, 0.3) is 0 Å². The van der Waals surface area contributed by atoms with Crippen LogP contribution in [0.3, 0.4) is 0 Å². The van der Waals surface area contributed by atoms with Gasteiger partial charge in [-0.2, -0.15) is 0 Å². The summed E-state index contributed by atoms with van der Waals surface area (Å²) >= 11 is 0. The van der Waals surface area contributed by atoms with Crippen LogP contribution in [-0.2, 0) is 6.54 Å².